The molecule has 2 rings (SSSR count). The number of carbonyl (C=O) groups is 1. The summed E-state index contributed by atoms with van der Waals surface area (Å²) in [5.74, 6) is 0.273. The molecule has 0 unspecified atom stereocenters. The third kappa shape index (κ3) is 5.04. The Kier molecular flexibility index (Phi) is 5.74. The molecule has 1 amide bonds. The van der Waals surface area contributed by atoms with Gasteiger partial charge in [0, 0.05) is 7.11 Å². The van der Waals surface area contributed by atoms with Gasteiger partial charge in [0.25, 0.3) is 0 Å². The van der Waals surface area contributed by atoms with Gasteiger partial charge < -0.3 is 19.2 Å². The molecule has 0 aliphatic rings. The number of oxazole rings is 1. The summed E-state index contributed by atoms with van der Waals surface area (Å²) in [6, 6.07) is 5.99. The number of methoxy groups -OCH3 is 1. The van der Waals surface area contributed by atoms with Crippen LogP contribution in [0.2, 0.25) is 0 Å². The Bertz CT molecular complexity index is 658. The highest BCUT2D eigenvalue weighted by Crippen LogP contribution is 2.26. The van der Waals surface area contributed by atoms with E-state index in [1.54, 1.807) is 7.11 Å². The average Bonchev–Trinajstić information content (AvgIpc) is 2.90. The van der Waals surface area contributed by atoms with Gasteiger partial charge in [0.15, 0.2) is 5.58 Å². The number of fused-ring (bicyclic) bond motifs is 1. The summed E-state index contributed by atoms with van der Waals surface area (Å²) in [6.45, 7) is 7.55. The average molecular weight is 320 g/mol. The van der Waals surface area contributed by atoms with Crippen molar-refractivity contribution in [2.45, 2.75) is 32.7 Å². The van der Waals surface area contributed by atoms with Crippen molar-refractivity contribution >= 4 is 17.0 Å². The molecule has 6 nitrogen and oxygen atoms in total. The molecular formula is C17H24N2O4. The van der Waals surface area contributed by atoms with E-state index in [9.17, 15) is 4.79 Å². The van der Waals surface area contributed by atoms with E-state index in [-0.39, 0.29) is 24.5 Å². The van der Waals surface area contributed by atoms with Crippen LogP contribution in [0.4, 0.5) is 0 Å². The third-order valence-corrected chi connectivity index (χ3v) is 3.40. The molecule has 0 fully saturated rings. The van der Waals surface area contributed by atoms with Gasteiger partial charge in [-0.1, -0.05) is 26.8 Å². The van der Waals surface area contributed by atoms with Crippen molar-refractivity contribution in [3.8, 4) is 0 Å². The van der Waals surface area contributed by atoms with E-state index in [2.05, 4.69) is 31.1 Å². The number of amides is 1. The minimum Gasteiger partial charge on any atom is -0.439 e. The Morgan fingerprint density at radius 3 is 2.78 bits per heavy atom. The van der Waals surface area contributed by atoms with Gasteiger partial charge in [0.2, 0.25) is 11.8 Å². The van der Waals surface area contributed by atoms with E-state index in [1.807, 2.05) is 18.2 Å². The molecule has 1 heterocycles. The van der Waals surface area contributed by atoms with Crippen LogP contribution in [0.5, 0.6) is 0 Å². The molecule has 0 saturated carbocycles. The number of rotatable bonds is 7. The molecule has 0 bridgehead atoms. The van der Waals surface area contributed by atoms with Gasteiger partial charge >= 0.3 is 0 Å². The Balaban J connectivity index is 1.92. The number of benzene rings is 1. The Morgan fingerprint density at radius 2 is 2.09 bits per heavy atom. The quantitative estimate of drug-likeness (QED) is 0.793. The van der Waals surface area contributed by atoms with Gasteiger partial charge in [0.05, 0.1) is 19.8 Å². The summed E-state index contributed by atoms with van der Waals surface area (Å²) < 4.78 is 15.6. The lowest BCUT2D eigenvalue weighted by atomic mass is 9.87. The molecule has 6 heteroatoms. The van der Waals surface area contributed by atoms with Crippen LogP contribution in [0.25, 0.3) is 11.1 Å². The number of nitrogens with zero attached hydrogens (tertiary/aromatic N) is 1. The third-order valence-electron chi connectivity index (χ3n) is 3.40. The van der Waals surface area contributed by atoms with Crippen LogP contribution < -0.4 is 5.32 Å². The van der Waals surface area contributed by atoms with Crippen molar-refractivity contribution in [1.29, 1.82) is 0 Å². The molecule has 0 spiro atoms. The van der Waals surface area contributed by atoms with Crippen molar-refractivity contribution in [2.75, 3.05) is 26.9 Å². The zero-order valence-electron chi connectivity index (χ0n) is 14.1. The maximum absolute atomic E-state index is 11.6. The molecule has 0 aliphatic carbocycles. The van der Waals surface area contributed by atoms with Crippen LogP contribution in [0, 0.1) is 0 Å². The predicted octanol–water partition coefficient (Wildman–Crippen LogP) is 2.40. The van der Waals surface area contributed by atoms with E-state index in [1.165, 1.54) is 5.56 Å². The first kappa shape index (κ1) is 17.4. The Hall–Kier alpha value is -1.92. The monoisotopic (exact) mass is 320 g/mol. The highest BCUT2D eigenvalue weighted by Gasteiger charge is 2.16. The van der Waals surface area contributed by atoms with Crippen LogP contribution in [0.15, 0.2) is 22.6 Å². The fourth-order valence-electron chi connectivity index (χ4n) is 2.05. The second-order valence-electron chi connectivity index (χ2n) is 6.36. The summed E-state index contributed by atoms with van der Waals surface area (Å²) in [5.41, 5.74) is 2.78. The molecule has 0 saturated heterocycles. The summed E-state index contributed by atoms with van der Waals surface area (Å²) in [7, 11) is 1.59. The van der Waals surface area contributed by atoms with Crippen LogP contribution in [-0.2, 0) is 26.2 Å². The molecule has 0 aliphatic heterocycles. The molecular weight excluding hydrogens is 296 g/mol. The molecule has 1 N–H and O–H groups in total. The number of nitrogens with one attached hydrogen (secondary N) is 1. The largest absolute Gasteiger partial charge is 0.439 e. The lowest BCUT2D eigenvalue weighted by molar-refractivity contribution is -0.126. The van der Waals surface area contributed by atoms with E-state index in [0.29, 0.717) is 19.1 Å². The first-order valence-electron chi connectivity index (χ1n) is 7.63. The zero-order valence-corrected chi connectivity index (χ0v) is 14.1. The van der Waals surface area contributed by atoms with Gasteiger partial charge in [0.1, 0.15) is 12.1 Å². The highest BCUT2D eigenvalue weighted by atomic mass is 16.5. The fraction of sp³-hybridized carbons (Fsp3) is 0.529. The maximum Gasteiger partial charge on any atom is 0.246 e. The van der Waals surface area contributed by atoms with Gasteiger partial charge in [-0.3, -0.25) is 4.79 Å². The van der Waals surface area contributed by atoms with E-state index < -0.39 is 0 Å². The topological polar surface area (TPSA) is 73.6 Å². The molecule has 126 valence electrons. The van der Waals surface area contributed by atoms with Crippen LogP contribution >= 0.6 is 0 Å². The lowest BCUT2D eigenvalue weighted by Crippen LogP contribution is -2.27. The van der Waals surface area contributed by atoms with Gasteiger partial charge in [-0.15, -0.1) is 0 Å². The number of aromatic nitrogens is 1. The first-order valence-corrected chi connectivity index (χ1v) is 7.63. The number of carbonyl (C=O) groups excluding carboxylic acids is 1. The Labute approximate surface area is 136 Å². The van der Waals surface area contributed by atoms with Crippen LogP contribution in [0.1, 0.15) is 32.2 Å². The summed E-state index contributed by atoms with van der Waals surface area (Å²) in [6.07, 6.45) is 0. The second kappa shape index (κ2) is 7.57. The van der Waals surface area contributed by atoms with Crippen LogP contribution in [0.3, 0.4) is 0 Å². The minimum absolute atomic E-state index is 0.00222. The SMILES string of the molecule is COCCOCC(=O)NCc1nc2cc(C(C)(C)C)ccc2o1. The number of hydrogen-bond donors (Lipinski definition) is 1. The van der Waals surface area contributed by atoms with Crippen molar-refractivity contribution in [1.82, 2.24) is 10.3 Å². The van der Waals surface area contributed by atoms with Crippen molar-refractivity contribution in [3.63, 3.8) is 0 Å². The van der Waals surface area contributed by atoms with Gasteiger partial charge in [-0.25, -0.2) is 4.98 Å². The molecule has 23 heavy (non-hydrogen) atoms. The lowest BCUT2D eigenvalue weighted by Gasteiger charge is -2.18. The molecule has 1 aromatic heterocycles. The Morgan fingerprint density at radius 1 is 1.30 bits per heavy atom. The van der Waals surface area contributed by atoms with Crippen molar-refractivity contribution in [2.24, 2.45) is 0 Å². The van der Waals surface area contributed by atoms with Crippen molar-refractivity contribution in [3.05, 3.63) is 29.7 Å². The number of hydrogen-bond acceptors (Lipinski definition) is 5. The van der Waals surface area contributed by atoms with Crippen molar-refractivity contribution < 1.29 is 18.7 Å². The van der Waals surface area contributed by atoms with E-state index in [0.717, 1.165) is 11.1 Å². The van der Waals surface area contributed by atoms with E-state index >= 15 is 0 Å². The zero-order chi connectivity index (χ0) is 16.9. The molecule has 2 aromatic rings. The molecule has 0 radical (unpaired) electrons. The first-order chi connectivity index (χ1) is 10.9. The predicted molar refractivity (Wildman–Crippen MR) is 87.3 cm³/mol. The minimum atomic E-state index is -0.210. The smallest absolute Gasteiger partial charge is 0.246 e. The molecule has 0 atom stereocenters. The standard InChI is InChI=1S/C17H24N2O4/c1-17(2,3)12-5-6-14-13(9-12)19-16(23-14)10-18-15(20)11-22-8-7-21-4/h5-6,9H,7-8,10-11H2,1-4H3,(H,18,20). The summed E-state index contributed by atoms with van der Waals surface area (Å²) >= 11 is 0. The van der Waals surface area contributed by atoms with Gasteiger partial charge in [-0.2, -0.15) is 0 Å². The number of ether oxygens (including phenoxy) is 2. The second-order valence-corrected chi connectivity index (χ2v) is 6.36. The fourth-order valence-corrected chi connectivity index (χ4v) is 2.05. The summed E-state index contributed by atoms with van der Waals surface area (Å²) in [4.78, 5) is 16.1. The molecule has 1 aromatic carbocycles. The maximum atomic E-state index is 11.6. The normalized spacial score (nSPS) is 11.8. The summed E-state index contributed by atoms with van der Waals surface area (Å²) in [5, 5.41) is 2.72. The van der Waals surface area contributed by atoms with Gasteiger partial charge in [-0.05, 0) is 23.1 Å². The van der Waals surface area contributed by atoms with Crippen LogP contribution in [-0.4, -0.2) is 37.8 Å². The van der Waals surface area contributed by atoms with E-state index in [4.69, 9.17) is 13.9 Å². The highest BCUT2D eigenvalue weighted by molar-refractivity contribution is 5.77.